The molecule has 1 atom stereocenters. The lowest BCUT2D eigenvalue weighted by Gasteiger charge is -2.14. The number of nitrogens with two attached hydrogens (primary N) is 1. The Kier molecular flexibility index (Phi) is 4.73. The average molecular weight is 273 g/mol. The van der Waals surface area contributed by atoms with Crippen LogP contribution in [0.2, 0.25) is 0 Å². The first-order valence-corrected chi connectivity index (χ1v) is 6.53. The van der Waals surface area contributed by atoms with Gasteiger partial charge in [0.2, 0.25) is 0 Å². The minimum Gasteiger partial charge on any atom is -0.491 e. The molecule has 6 nitrogen and oxygen atoms in total. The summed E-state index contributed by atoms with van der Waals surface area (Å²) in [5.41, 5.74) is 3.38. The van der Waals surface area contributed by atoms with Gasteiger partial charge < -0.3 is 15.5 Å². The van der Waals surface area contributed by atoms with Crippen molar-refractivity contribution in [3.8, 4) is 5.75 Å². The fraction of sp³-hybridized carbons (Fsp3) is 0.286. The first kappa shape index (κ1) is 14.1. The maximum atomic E-state index is 5.78. The fourth-order valence-corrected chi connectivity index (χ4v) is 1.62. The van der Waals surface area contributed by atoms with Gasteiger partial charge >= 0.3 is 0 Å². The summed E-state index contributed by atoms with van der Waals surface area (Å²) in [6.07, 6.45) is 2.60. The van der Waals surface area contributed by atoms with Gasteiger partial charge in [-0.25, -0.2) is 15.8 Å². The monoisotopic (exact) mass is 273 g/mol. The lowest BCUT2D eigenvalue weighted by atomic mass is 10.2. The second kappa shape index (κ2) is 6.72. The number of hydrazine groups is 1. The number of nitrogens with one attached hydrogen (secondary N) is 2. The Hall–Kier alpha value is -2.34. The number of nitrogens with zero attached hydrogens (tertiary/aromatic N) is 2. The first-order chi connectivity index (χ1) is 9.71. The lowest BCUT2D eigenvalue weighted by molar-refractivity contribution is 0.217. The minimum atomic E-state index is 0.192. The van der Waals surface area contributed by atoms with Gasteiger partial charge in [-0.2, -0.15) is 0 Å². The maximum Gasteiger partial charge on any atom is 0.145 e. The number of anilines is 3. The van der Waals surface area contributed by atoms with E-state index in [2.05, 4.69) is 27.6 Å². The highest BCUT2D eigenvalue weighted by Gasteiger charge is 2.03. The highest BCUT2D eigenvalue weighted by atomic mass is 16.5. The van der Waals surface area contributed by atoms with Gasteiger partial charge in [0.15, 0.2) is 0 Å². The molecular formula is C14H19N5O. The number of rotatable bonds is 6. The molecule has 1 heterocycles. The minimum absolute atomic E-state index is 0.192. The summed E-state index contributed by atoms with van der Waals surface area (Å²) in [4.78, 5) is 8.09. The van der Waals surface area contributed by atoms with Gasteiger partial charge in [0.05, 0.1) is 6.10 Å². The third kappa shape index (κ3) is 3.83. The Morgan fingerprint density at radius 1 is 1.25 bits per heavy atom. The third-order valence-electron chi connectivity index (χ3n) is 2.83. The molecule has 0 aliphatic carbocycles. The van der Waals surface area contributed by atoms with E-state index < -0.39 is 0 Å². The van der Waals surface area contributed by atoms with Crippen molar-refractivity contribution < 1.29 is 4.74 Å². The Labute approximate surface area is 118 Å². The van der Waals surface area contributed by atoms with Gasteiger partial charge in [-0.05, 0) is 25.5 Å². The van der Waals surface area contributed by atoms with Gasteiger partial charge in [-0.1, -0.05) is 13.0 Å². The van der Waals surface area contributed by atoms with Gasteiger partial charge in [-0.15, -0.1) is 0 Å². The Morgan fingerprint density at radius 2 is 2.05 bits per heavy atom. The summed E-state index contributed by atoms with van der Waals surface area (Å²) >= 11 is 0. The van der Waals surface area contributed by atoms with E-state index in [1.54, 1.807) is 6.07 Å². The van der Waals surface area contributed by atoms with Crippen molar-refractivity contribution in [1.29, 1.82) is 0 Å². The maximum absolute atomic E-state index is 5.78. The van der Waals surface area contributed by atoms with Crippen LogP contribution in [0.1, 0.15) is 20.3 Å². The SMILES string of the molecule is CCC(C)Oc1cccc(Nc2cc(NN)ncn2)c1. The normalized spacial score (nSPS) is 11.8. The van der Waals surface area contributed by atoms with Crippen LogP contribution < -0.4 is 21.3 Å². The predicted molar refractivity (Wildman–Crippen MR) is 79.9 cm³/mol. The number of hydrogen-bond acceptors (Lipinski definition) is 6. The quantitative estimate of drug-likeness (QED) is 0.554. The molecule has 2 rings (SSSR count). The summed E-state index contributed by atoms with van der Waals surface area (Å²) in [7, 11) is 0. The van der Waals surface area contributed by atoms with Crippen LogP contribution in [-0.4, -0.2) is 16.1 Å². The smallest absolute Gasteiger partial charge is 0.145 e. The van der Waals surface area contributed by atoms with Gasteiger partial charge in [0, 0.05) is 17.8 Å². The summed E-state index contributed by atoms with van der Waals surface area (Å²) < 4.78 is 5.78. The molecule has 0 spiro atoms. The van der Waals surface area contributed by atoms with Crippen LogP contribution in [0.3, 0.4) is 0 Å². The van der Waals surface area contributed by atoms with Crippen molar-refractivity contribution in [2.24, 2.45) is 5.84 Å². The molecular weight excluding hydrogens is 254 g/mol. The van der Waals surface area contributed by atoms with E-state index in [0.29, 0.717) is 11.6 Å². The van der Waals surface area contributed by atoms with Crippen LogP contribution in [0.25, 0.3) is 0 Å². The average Bonchev–Trinajstić information content (AvgIpc) is 2.47. The van der Waals surface area contributed by atoms with E-state index in [4.69, 9.17) is 10.6 Å². The molecule has 0 bridgehead atoms. The van der Waals surface area contributed by atoms with E-state index in [9.17, 15) is 0 Å². The van der Waals surface area contributed by atoms with E-state index in [-0.39, 0.29) is 6.10 Å². The molecule has 4 N–H and O–H groups in total. The van der Waals surface area contributed by atoms with Crippen LogP contribution in [0.4, 0.5) is 17.3 Å². The van der Waals surface area contributed by atoms with Gasteiger partial charge in [-0.3, -0.25) is 0 Å². The second-order valence-corrected chi connectivity index (χ2v) is 4.42. The summed E-state index contributed by atoms with van der Waals surface area (Å²) in [6.45, 7) is 4.14. The zero-order valence-electron chi connectivity index (χ0n) is 11.6. The molecule has 6 heteroatoms. The molecule has 1 aromatic carbocycles. The van der Waals surface area contributed by atoms with Crippen molar-refractivity contribution in [3.63, 3.8) is 0 Å². The van der Waals surface area contributed by atoms with Crippen LogP contribution in [0.15, 0.2) is 36.7 Å². The third-order valence-corrected chi connectivity index (χ3v) is 2.83. The van der Waals surface area contributed by atoms with Crippen LogP contribution in [-0.2, 0) is 0 Å². The number of benzene rings is 1. The fourth-order valence-electron chi connectivity index (χ4n) is 1.62. The molecule has 0 aliphatic heterocycles. The zero-order chi connectivity index (χ0) is 14.4. The molecule has 0 amide bonds. The Morgan fingerprint density at radius 3 is 2.80 bits per heavy atom. The summed E-state index contributed by atoms with van der Waals surface area (Å²) in [5, 5.41) is 3.18. The molecule has 0 radical (unpaired) electrons. The number of aromatic nitrogens is 2. The first-order valence-electron chi connectivity index (χ1n) is 6.53. The molecule has 2 aromatic rings. The topological polar surface area (TPSA) is 85.1 Å². The molecule has 106 valence electrons. The number of hydrogen-bond donors (Lipinski definition) is 3. The Bertz CT molecular complexity index is 561. The molecule has 1 unspecified atom stereocenters. The van der Waals surface area contributed by atoms with Crippen molar-refractivity contribution in [2.45, 2.75) is 26.4 Å². The van der Waals surface area contributed by atoms with Crippen molar-refractivity contribution in [1.82, 2.24) is 9.97 Å². The van der Waals surface area contributed by atoms with E-state index >= 15 is 0 Å². The highest BCUT2D eigenvalue weighted by Crippen LogP contribution is 2.22. The van der Waals surface area contributed by atoms with Crippen molar-refractivity contribution in [2.75, 3.05) is 10.7 Å². The predicted octanol–water partition coefficient (Wildman–Crippen LogP) is 2.68. The zero-order valence-corrected chi connectivity index (χ0v) is 11.6. The lowest BCUT2D eigenvalue weighted by Crippen LogP contribution is -2.10. The molecule has 20 heavy (non-hydrogen) atoms. The van der Waals surface area contributed by atoms with Crippen molar-refractivity contribution >= 4 is 17.3 Å². The van der Waals surface area contributed by atoms with Crippen LogP contribution in [0, 0.1) is 0 Å². The van der Waals surface area contributed by atoms with Crippen LogP contribution in [0.5, 0.6) is 5.75 Å². The molecule has 1 aromatic heterocycles. The number of nitrogen functional groups attached to an aromatic ring is 1. The van der Waals surface area contributed by atoms with Crippen molar-refractivity contribution in [3.05, 3.63) is 36.7 Å². The molecule has 0 saturated carbocycles. The summed E-state index contributed by atoms with van der Waals surface area (Å²) in [5.74, 6) is 7.36. The summed E-state index contributed by atoms with van der Waals surface area (Å²) in [6, 6.07) is 9.47. The van der Waals surface area contributed by atoms with Gasteiger partial charge in [0.1, 0.15) is 23.7 Å². The highest BCUT2D eigenvalue weighted by molar-refractivity contribution is 5.60. The van der Waals surface area contributed by atoms with Crippen LogP contribution >= 0.6 is 0 Å². The van der Waals surface area contributed by atoms with E-state index in [0.717, 1.165) is 17.9 Å². The standard InChI is InChI=1S/C14H19N5O/c1-3-10(2)20-12-6-4-5-11(7-12)18-13-8-14(19-15)17-9-16-13/h4-10H,3,15H2,1-2H3,(H2,16,17,18,19). The number of ether oxygens (including phenoxy) is 1. The molecule has 0 fully saturated rings. The van der Waals surface area contributed by atoms with E-state index in [1.807, 2.05) is 31.2 Å². The second-order valence-electron chi connectivity index (χ2n) is 4.42. The molecule has 0 saturated heterocycles. The Balaban J connectivity index is 2.10. The largest absolute Gasteiger partial charge is 0.491 e. The molecule has 0 aliphatic rings. The van der Waals surface area contributed by atoms with E-state index in [1.165, 1.54) is 6.33 Å². The van der Waals surface area contributed by atoms with Gasteiger partial charge in [0.25, 0.3) is 0 Å².